The molecular weight excluding hydrogens is 562 g/mol. The fraction of sp³-hybridized carbons (Fsp3) is 0.318. The van der Waals surface area contributed by atoms with Gasteiger partial charge in [-0.15, -0.1) is 0 Å². The van der Waals surface area contributed by atoms with Crippen LogP contribution in [0.25, 0.3) is 0 Å². The van der Waals surface area contributed by atoms with E-state index in [1.165, 1.54) is 0 Å². The SMILES string of the molecule is CCCCCOc1ccccc1C(=O)NC(=S)NNC(=O)COc1c(C)cc(Br)cc1Br. The minimum Gasteiger partial charge on any atom is -0.493 e. The van der Waals surface area contributed by atoms with E-state index in [0.717, 1.165) is 33.8 Å². The van der Waals surface area contributed by atoms with Crippen molar-refractivity contribution in [2.24, 2.45) is 0 Å². The van der Waals surface area contributed by atoms with Gasteiger partial charge in [0.2, 0.25) is 0 Å². The fourth-order valence-electron chi connectivity index (χ4n) is 2.69. The second-order valence-corrected chi connectivity index (χ2v) is 9.01. The van der Waals surface area contributed by atoms with Crippen LogP contribution in [0.4, 0.5) is 0 Å². The van der Waals surface area contributed by atoms with Crippen LogP contribution in [0.1, 0.15) is 42.1 Å². The van der Waals surface area contributed by atoms with Crippen molar-refractivity contribution >= 4 is 61.0 Å². The predicted molar refractivity (Wildman–Crippen MR) is 135 cm³/mol. The lowest BCUT2D eigenvalue weighted by Crippen LogP contribution is -2.49. The summed E-state index contributed by atoms with van der Waals surface area (Å²) in [4.78, 5) is 24.6. The standard InChI is InChI=1S/C22H25Br2N3O4S/c1-3-4-7-10-30-18-9-6-5-8-16(18)21(29)25-22(32)27-26-19(28)13-31-20-14(2)11-15(23)12-17(20)24/h5-6,8-9,11-12H,3-4,7,10,13H2,1-2H3,(H,26,28)(H2,25,27,29,32). The maximum atomic E-state index is 12.6. The second kappa shape index (κ2) is 13.4. The third kappa shape index (κ3) is 8.40. The molecule has 0 fully saturated rings. The zero-order valence-corrected chi connectivity index (χ0v) is 21.8. The summed E-state index contributed by atoms with van der Waals surface area (Å²) in [6.07, 6.45) is 3.06. The first-order chi connectivity index (χ1) is 15.3. The summed E-state index contributed by atoms with van der Waals surface area (Å²) in [6, 6.07) is 10.6. The van der Waals surface area contributed by atoms with Crippen molar-refractivity contribution in [1.29, 1.82) is 0 Å². The third-order valence-electron chi connectivity index (χ3n) is 4.22. The highest BCUT2D eigenvalue weighted by Crippen LogP contribution is 2.32. The number of unbranched alkanes of at least 4 members (excludes halogenated alkanes) is 2. The fourth-order valence-corrected chi connectivity index (χ4v) is 4.39. The van der Waals surface area contributed by atoms with Crippen molar-refractivity contribution in [3.8, 4) is 11.5 Å². The van der Waals surface area contributed by atoms with Gasteiger partial charge in [0.25, 0.3) is 11.8 Å². The van der Waals surface area contributed by atoms with Gasteiger partial charge in [-0.2, -0.15) is 0 Å². The summed E-state index contributed by atoms with van der Waals surface area (Å²) in [5, 5.41) is 2.47. The molecule has 2 amide bonds. The maximum absolute atomic E-state index is 12.6. The molecule has 2 rings (SSSR count). The van der Waals surface area contributed by atoms with Crippen LogP contribution >= 0.6 is 44.1 Å². The molecule has 2 aromatic rings. The van der Waals surface area contributed by atoms with Gasteiger partial charge in [0, 0.05) is 4.47 Å². The van der Waals surface area contributed by atoms with E-state index in [9.17, 15) is 9.59 Å². The van der Waals surface area contributed by atoms with E-state index >= 15 is 0 Å². The van der Waals surface area contributed by atoms with Gasteiger partial charge in [0.15, 0.2) is 11.7 Å². The Morgan fingerprint density at radius 3 is 2.53 bits per heavy atom. The Labute approximate surface area is 209 Å². The number of amides is 2. The lowest BCUT2D eigenvalue weighted by molar-refractivity contribution is -0.123. The first-order valence-electron chi connectivity index (χ1n) is 10.0. The number of para-hydroxylation sites is 1. The number of carbonyl (C=O) groups excluding carboxylic acids is 2. The molecule has 172 valence electrons. The van der Waals surface area contributed by atoms with Crippen molar-refractivity contribution in [3.63, 3.8) is 0 Å². The van der Waals surface area contributed by atoms with Crippen LogP contribution in [0.2, 0.25) is 0 Å². The number of nitrogens with one attached hydrogen (secondary N) is 3. The van der Waals surface area contributed by atoms with Gasteiger partial charge in [-0.25, -0.2) is 0 Å². The first-order valence-corrected chi connectivity index (χ1v) is 12.0. The highest BCUT2D eigenvalue weighted by Gasteiger charge is 2.14. The van der Waals surface area contributed by atoms with Crippen LogP contribution in [0.5, 0.6) is 11.5 Å². The largest absolute Gasteiger partial charge is 0.493 e. The van der Waals surface area contributed by atoms with E-state index in [0.29, 0.717) is 23.7 Å². The van der Waals surface area contributed by atoms with Crippen LogP contribution in [0.3, 0.4) is 0 Å². The molecule has 7 nitrogen and oxygen atoms in total. The number of benzene rings is 2. The number of rotatable bonds is 9. The van der Waals surface area contributed by atoms with Gasteiger partial charge in [-0.3, -0.25) is 25.8 Å². The minimum absolute atomic E-state index is 0.0508. The van der Waals surface area contributed by atoms with Gasteiger partial charge in [0.05, 0.1) is 16.6 Å². The molecule has 0 radical (unpaired) electrons. The molecule has 0 unspecified atom stereocenters. The van der Waals surface area contributed by atoms with Crippen molar-refractivity contribution < 1.29 is 19.1 Å². The molecule has 2 aromatic carbocycles. The molecule has 0 aliphatic carbocycles. The number of halogens is 2. The zero-order chi connectivity index (χ0) is 23.5. The molecule has 3 N–H and O–H groups in total. The topological polar surface area (TPSA) is 88.7 Å². The average Bonchev–Trinajstić information content (AvgIpc) is 2.74. The second-order valence-electron chi connectivity index (χ2n) is 6.83. The molecule has 0 spiro atoms. The summed E-state index contributed by atoms with van der Waals surface area (Å²) in [5.74, 6) is 0.149. The first kappa shape index (κ1) is 26.1. The molecule has 0 saturated heterocycles. The monoisotopic (exact) mass is 585 g/mol. The Balaban J connectivity index is 1.82. The van der Waals surface area contributed by atoms with Crippen molar-refractivity contribution in [2.45, 2.75) is 33.1 Å². The number of hydrogen-bond acceptors (Lipinski definition) is 5. The average molecular weight is 587 g/mol. The molecule has 0 aliphatic rings. The quantitative estimate of drug-likeness (QED) is 0.222. The smallest absolute Gasteiger partial charge is 0.276 e. The number of thiocarbonyl (C=S) groups is 1. The van der Waals surface area contributed by atoms with Crippen molar-refractivity contribution in [2.75, 3.05) is 13.2 Å². The molecule has 32 heavy (non-hydrogen) atoms. The summed E-state index contributed by atoms with van der Waals surface area (Å²) in [7, 11) is 0. The van der Waals surface area contributed by atoms with Gasteiger partial charge in [-0.1, -0.05) is 47.8 Å². The van der Waals surface area contributed by atoms with E-state index in [2.05, 4.69) is 55.0 Å². The summed E-state index contributed by atoms with van der Waals surface area (Å²) in [5.41, 5.74) is 6.12. The van der Waals surface area contributed by atoms with Gasteiger partial charge in [0.1, 0.15) is 11.5 Å². The van der Waals surface area contributed by atoms with E-state index in [1.807, 2.05) is 19.1 Å². The van der Waals surface area contributed by atoms with Crippen molar-refractivity contribution in [1.82, 2.24) is 16.2 Å². The Bertz CT molecular complexity index is 949. The number of hydrogen-bond donors (Lipinski definition) is 3. The van der Waals surface area contributed by atoms with Gasteiger partial charge in [-0.05, 0) is 71.3 Å². The molecule has 0 bridgehead atoms. The number of carbonyl (C=O) groups is 2. The molecular formula is C22H25Br2N3O4S. The predicted octanol–water partition coefficient (Wildman–Crippen LogP) is 4.80. The Morgan fingerprint density at radius 2 is 1.81 bits per heavy atom. The number of hydrazine groups is 1. The summed E-state index contributed by atoms with van der Waals surface area (Å²) < 4.78 is 12.9. The number of ether oxygens (including phenoxy) is 2. The van der Waals surface area contributed by atoms with Crippen LogP contribution in [-0.2, 0) is 4.79 Å². The molecule has 0 aromatic heterocycles. The molecule has 0 heterocycles. The van der Waals surface area contributed by atoms with E-state index in [1.54, 1.807) is 24.3 Å². The highest BCUT2D eigenvalue weighted by molar-refractivity contribution is 9.11. The number of aryl methyl sites for hydroxylation is 1. The maximum Gasteiger partial charge on any atom is 0.276 e. The van der Waals surface area contributed by atoms with Gasteiger partial charge >= 0.3 is 0 Å². The normalized spacial score (nSPS) is 10.2. The van der Waals surface area contributed by atoms with Crippen LogP contribution in [0.15, 0.2) is 45.3 Å². The minimum atomic E-state index is -0.463. The Kier molecular flexibility index (Phi) is 10.9. The lowest BCUT2D eigenvalue weighted by atomic mass is 10.2. The van der Waals surface area contributed by atoms with Crippen LogP contribution < -0.4 is 25.6 Å². The molecule has 0 saturated carbocycles. The van der Waals surface area contributed by atoms with E-state index in [4.69, 9.17) is 21.7 Å². The molecule has 10 heteroatoms. The summed E-state index contributed by atoms with van der Waals surface area (Å²) in [6.45, 7) is 4.28. The summed E-state index contributed by atoms with van der Waals surface area (Å²) >= 11 is 11.9. The highest BCUT2D eigenvalue weighted by atomic mass is 79.9. The lowest BCUT2D eigenvalue weighted by Gasteiger charge is -2.14. The van der Waals surface area contributed by atoms with Crippen LogP contribution in [0, 0.1) is 6.92 Å². The molecule has 0 atom stereocenters. The third-order valence-corrected chi connectivity index (χ3v) is 5.47. The molecule has 0 aliphatic heterocycles. The Morgan fingerprint density at radius 1 is 1.06 bits per heavy atom. The zero-order valence-electron chi connectivity index (χ0n) is 17.8. The van der Waals surface area contributed by atoms with E-state index < -0.39 is 11.8 Å². The van der Waals surface area contributed by atoms with E-state index in [-0.39, 0.29) is 11.7 Å². The van der Waals surface area contributed by atoms with Crippen LogP contribution in [-0.4, -0.2) is 30.1 Å². The Hall–Kier alpha value is -2.17. The van der Waals surface area contributed by atoms with Crippen molar-refractivity contribution in [3.05, 3.63) is 56.5 Å². The van der Waals surface area contributed by atoms with Gasteiger partial charge < -0.3 is 9.47 Å².